The summed E-state index contributed by atoms with van der Waals surface area (Å²) in [6, 6.07) is 12.2. The Bertz CT molecular complexity index is 617. The first-order valence-electron chi connectivity index (χ1n) is 6.20. The van der Waals surface area contributed by atoms with E-state index in [2.05, 4.69) is 11.4 Å². The van der Waals surface area contributed by atoms with Gasteiger partial charge in [-0.2, -0.15) is 0 Å². The van der Waals surface area contributed by atoms with Crippen molar-refractivity contribution in [2.24, 2.45) is 0 Å². The highest BCUT2D eigenvalue weighted by atomic mass is 16.5. The minimum absolute atomic E-state index is 0.261. The van der Waals surface area contributed by atoms with E-state index in [1.54, 1.807) is 0 Å². The third kappa shape index (κ3) is 3.13. The Kier molecular flexibility index (Phi) is 4.18. The van der Waals surface area contributed by atoms with Crippen molar-refractivity contribution in [2.75, 3.05) is 7.05 Å². The van der Waals surface area contributed by atoms with Crippen LogP contribution in [0.3, 0.4) is 0 Å². The van der Waals surface area contributed by atoms with Crippen LogP contribution in [0, 0.1) is 0 Å². The van der Waals surface area contributed by atoms with E-state index in [4.69, 9.17) is 4.74 Å². The summed E-state index contributed by atoms with van der Waals surface area (Å²) in [4.78, 5) is 10.9. The number of fused-ring (bicyclic) bond motifs is 1. The van der Waals surface area contributed by atoms with Gasteiger partial charge in [-0.05, 0) is 34.2 Å². The third-order valence-electron chi connectivity index (χ3n) is 2.91. The Hall–Kier alpha value is -2.29. The van der Waals surface area contributed by atoms with Crippen LogP contribution in [-0.4, -0.2) is 13.0 Å². The molecule has 0 bridgehead atoms. The lowest BCUT2D eigenvalue weighted by Gasteiger charge is -2.09. The predicted molar refractivity (Wildman–Crippen MR) is 77.5 cm³/mol. The van der Waals surface area contributed by atoms with Crippen LogP contribution < -0.4 is 5.32 Å². The van der Waals surface area contributed by atoms with Crippen LogP contribution in [0.15, 0.2) is 42.6 Å². The molecule has 3 heteroatoms. The summed E-state index contributed by atoms with van der Waals surface area (Å²) < 4.78 is 5.09. The van der Waals surface area contributed by atoms with E-state index in [-0.39, 0.29) is 5.97 Å². The molecule has 0 amide bonds. The van der Waals surface area contributed by atoms with Crippen LogP contribution in [0.2, 0.25) is 0 Å². The summed E-state index contributed by atoms with van der Waals surface area (Å²) in [7, 11) is 1.87. The van der Waals surface area contributed by atoms with Crippen molar-refractivity contribution in [3.63, 3.8) is 0 Å². The molecule has 2 aromatic carbocycles. The predicted octanol–water partition coefficient (Wildman–Crippen LogP) is 3.09. The highest BCUT2D eigenvalue weighted by molar-refractivity contribution is 5.93. The molecule has 0 aliphatic carbocycles. The molecule has 0 fully saturated rings. The maximum Gasteiger partial charge on any atom is 0.302 e. The molecule has 0 heterocycles. The first-order valence-corrected chi connectivity index (χ1v) is 6.20. The summed E-state index contributed by atoms with van der Waals surface area (Å²) in [5.41, 5.74) is 2.16. The van der Waals surface area contributed by atoms with E-state index in [0.29, 0.717) is 6.61 Å². The summed E-state index contributed by atoms with van der Waals surface area (Å²) in [6.45, 7) is 1.73. The second-order valence-electron chi connectivity index (χ2n) is 4.26. The third-order valence-corrected chi connectivity index (χ3v) is 2.91. The summed E-state index contributed by atoms with van der Waals surface area (Å²) >= 11 is 0. The molecule has 2 rings (SSSR count). The van der Waals surface area contributed by atoms with Crippen LogP contribution in [0.4, 0.5) is 0 Å². The fourth-order valence-electron chi connectivity index (χ4n) is 2.01. The van der Waals surface area contributed by atoms with Gasteiger partial charge in [-0.1, -0.05) is 36.4 Å². The standard InChI is InChI=1S/C16H17NO2/c1-12(18)19-11-14-8-7-13(9-10-17-2)15-5-3-4-6-16(14)15/h3-10,17H,11H2,1-2H3/b10-9+. The van der Waals surface area contributed by atoms with Crippen molar-refractivity contribution in [3.05, 3.63) is 53.7 Å². The van der Waals surface area contributed by atoms with E-state index >= 15 is 0 Å². The SMILES string of the molecule is CN/C=C/c1ccc(COC(C)=O)c2ccccc12. The molecule has 0 radical (unpaired) electrons. The van der Waals surface area contributed by atoms with E-state index in [0.717, 1.165) is 21.9 Å². The summed E-state index contributed by atoms with van der Waals surface area (Å²) in [5.74, 6) is -0.261. The first-order chi connectivity index (χ1) is 9.22. The molecule has 0 saturated carbocycles. The molecule has 0 aliphatic rings. The zero-order valence-electron chi connectivity index (χ0n) is 11.1. The zero-order chi connectivity index (χ0) is 13.7. The number of ether oxygens (including phenoxy) is 1. The van der Waals surface area contributed by atoms with Gasteiger partial charge in [0.15, 0.2) is 0 Å². The molecule has 3 nitrogen and oxygen atoms in total. The Balaban J connectivity index is 2.45. The monoisotopic (exact) mass is 255 g/mol. The Morgan fingerprint density at radius 3 is 2.63 bits per heavy atom. The molecule has 0 spiro atoms. The number of benzene rings is 2. The molecular weight excluding hydrogens is 238 g/mol. The van der Waals surface area contributed by atoms with Gasteiger partial charge in [-0.15, -0.1) is 0 Å². The topological polar surface area (TPSA) is 38.3 Å². The van der Waals surface area contributed by atoms with Gasteiger partial charge in [-0.3, -0.25) is 4.79 Å². The van der Waals surface area contributed by atoms with Gasteiger partial charge < -0.3 is 10.1 Å². The lowest BCUT2D eigenvalue weighted by atomic mass is 10.00. The fourth-order valence-corrected chi connectivity index (χ4v) is 2.01. The van der Waals surface area contributed by atoms with Crippen LogP contribution in [-0.2, 0) is 16.1 Å². The second kappa shape index (κ2) is 6.05. The number of rotatable bonds is 4. The average Bonchev–Trinajstić information content (AvgIpc) is 2.43. The zero-order valence-corrected chi connectivity index (χ0v) is 11.1. The van der Waals surface area contributed by atoms with Gasteiger partial charge >= 0.3 is 5.97 Å². The number of carbonyl (C=O) groups is 1. The lowest BCUT2D eigenvalue weighted by molar-refractivity contribution is -0.142. The van der Waals surface area contributed by atoms with Crippen LogP contribution in [0.1, 0.15) is 18.1 Å². The van der Waals surface area contributed by atoms with Crippen molar-refractivity contribution in [3.8, 4) is 0 Å². The molecule has 2 aromatic rings. The number of esters is 1. The molecule has 19 heavy (non-hydrogen) atoms. The molecule has 0 aliphatic heterocycles. The van der Waals surface area contributed by atoms with Crippen molar-refractivity contribution in [2.45, 2.75) is 13.5 Å². The molecule has 1 N–H and O–H groups in total. The van der Waals surface area contributed by atoms with Gasteiger partial charge in [0.1, 0.15) is 6.61 Å². The van der Waals surface area contributed by atoms with Crippen molar-refractivity contribution >= 4 is 22.8 Å². The molecular formula is C16H17NO2. The van der Waals surface area contributed by atoms with Gasteiger partial charge in [0.2, 0.25) is 0 Å². The van der Waals surface area contributed by atoms with E-state index in [1.165, 1.54) is 6.92 Å². The Morgan fingerprint density at radius 1 is 1.21 bits per heavy atom. The van der Waals surface area contributed by atoms with Crippen molar-refractivity contribution < 1.29 is 9.53 Å². The summed E-state index contributed by atoms with van der Waals surface area (Å²) in [6.07, 6.45) is 3.92. The quantitative estimate of drug-likeness (QED) is 0.853. The largest absolute Gasteiger partial charge is 0.461 e. The van der Waals surface area contributed by atoms with E-state index in [1.807, 2.05) is 49.7 Å². The number of hydrogen-bond donors (Lipinski definition) is 1. The van der Waals surface area contributed by atoms with E-state index in [9.17, 15) is 4.79 Å². The Labute approximate surface area is 112 Å². The second-order valence-corrected chi connectivity index (χ2v) is 4.26. The minimum atomic E-state index is -0.261. The van der Waals surface area contributed by atoms with Gasteiger partial charge in [0, 0.05) is 14.0 Å². The van der Waals surface area contributed by atoms with Crippen LogP contribution >= 0.6 is 0 Å². The maximum atomic E-state index is 10.9. The molecule has 0 saturated heterocycles. The number of hydrogen-bond acceptors (Lipinski definition) is 3. The van der Waals surface area contributed by atoms with Gasteiger partial charge in [0.25, 0.3) is 0 Å². The Morgan fingerprint density at radius 2 is 1.95 bits per heavy atom. The molecule has 0 aromatic heterocycles. The number of carbonyl (C=O) groups excluding carboxylic acids is 1. The van der Waals surface area contributed by atoms with Crippen LogP contribution in [0.5, 0.6) is 0 Å². The smallest absolute Gasteiger partial charge is 0.302 e. The molecule has 98 valence electrons. The first kappa shape index (κ1) is 13.1. The van der Waals surface area contributed by atoms with E-state index < -0.39 is 0 Å². The fraction of sp³-hybridized carbons (Fsp3) is 0.188. The van der Waals surface area contributed by atoms with Crippen LogP contribution in [0.25, 0.3) is 16.8 Å². The van der Waals surface area contributed by atoms with Crippen molar-refractivity contribution in [1.29, 1.82) is 0 Å². The summed E-state index contributed by atoms with van der Waals surface area (Å²) in [5, 5.41) is 5.25. The van der Waals surface area contributed by atoms with Gasteiger partial charge in [-0.25, -0.2) is 0 Å². The maximum absolute atomic E-state index is 10.9. The molecule has 0 unspecified atom stereocenters. The van der Waals surface area contributed by atoms with Crippen molar-refractivity contribution in [1.82, 2.24) is 5.32 Å². The normalized spacial score (nSPS) is 10.8. The van der Waals surface area contributed by atoms with Gasteiger partial charge in [0.05, 0.1) is 0 Å². The lowest BCUT2D eigenvalue weighted by Crippen LogP contribution is -1.99. The number of nitrogens with one attached hydrogen (secondary N) is 1. The molecule has 0 atom stereocenters. The highest BCUT2D eigenvalue weighted by Crippen LogP contribution is 2.24. The minimum Gasteiger partial charge on any atom is -0.461 e. The highest BCUT2D eigenvalue weighted by Gasteiger charge is 2.05. The average molecular weight is 255 g/mol.